The zero-order chi connectivity index (χ0) is 47.3. The molecular weight excluding hydrogens is 935 g/mol. The van der Waals surface area contributed by atoms with Gasteiger partial charge in [0.05, 0.1) is 25.3 Å². The van der Waals surface area contributed by atoms with Crippen LogP contribution in [-0.4, -0.2) is 148 Å². The molecule has 356 valence electrons. The molecule has 4 amide bonds. The summed E-state index contributed by atoms with van der Waals surface area (Å²) in [5.41, 5.74) is 4.78. The smallest absolute Gasteiger partial charge is 0.386 e. The number of amides is 4. The predicted molar refractivity (Wildman–Crippen MR) is 223 cm³/mol. The highest BCUT2D eigenvalue weighted by molar-refractivity contribution is 7.99. The minimum Gasteiger partial charge on any atom is -0.386 e. The number of nitrogens with one attached hydrogen (secondary N) is 4. The number of nitrogen functional groups attached to an aromatic ring is 1. The Labute approximate surface area is 369 Å². The highest BCUT2D eigenvalue weighted by Gasteiger charge is 2.50. The predicted octanol–water partition coefficient (Wildman–Crippen LogP) is -0.926. The van der Waals surface area contributed by atoms with Crippen LogP contribution in [0, 0.1) is 5.41 Å². The van der Waals surface area contributed by atoms with Gasteiger partial charge in [0.25, 0.3) is 5.91 Å². The Morgan fingerprint density at radius 2 is 1.59 bits per heavy atom. The average molecular weight is 986 g/mol. The van der Waals surface area contributed by atoms with Gasteiger partial charge in [-0.25, -0.2) is 28.6 Å². The monoisotopic (exact) mass is 985 g/mol. The molecule has 3 aromatic rings. The fraction of sp³-hybridized carbons (Fsp3) is 0.545. The van der Waals surface area contributed by atoms with Crippen LogP contribution in [0.2, 0.25) is 0 Å². The summed E-state index contributed by atoms with van der Waals surface area (Å²) >= 11 is 1.28. The van der Waals surface area contributed by atoms with Crippen LogP contribution in [0.5, 0.6) is 0 Å². The Morgan fingerprint density at radius 1 is 0.922 bits per heavy atom. The van der Waals surface area contributed by atoms with Crippen LogP contribution in [0.1, 0.15) is 43.3 Å². The lowest BCUT2D eigenvalue weighted by molar-refractivity contribution is -0.137. The molecule has 64 heavy (non-hydrogen) atoms. The van der Waals surface area contributed by atoms with E-state index in [2.05, 4.69) is 45.1 Å². The lowest BCUT2D eigenvalue weighted by atomic mass is 9.87. The van der Waals surface area contributed by atoms with Crippen molar-refractivity contribution in [3.63, 3.8) is 0 Å². The van der Waals surface area contributed by atoms with E-state index in [-0.39, 0.29) is 54.1 Å². The van der Waals surface area contributed by atoms with Crippen LogP contribution in [0.25, 0.3) is 11.2 Å². The number of thioether (sulfide) groups is 1. The third-order valence-electron chi connectivity index (χ3n) is 8.88. The summed E-state index contributed by atoms with van der Waals surface area (Å²) in [6, 6.07) is 8.72. The molecule has 27 nitrogen and oxygen atoms in total. The third-order valence-corrected chi connectivity index (χ3v) is 12.9. The summed E-state index contributed by atoms with van der Waals surface area (Å²) in [6.07, 6.45) is -6.46. The standard InChI is InChI=1S/C33H50N9O18P3S/c1-33(2,27(46)31(48)38-12-9-22(43)36-13-14-64-16-23(44)35-10-6-11-37-30(47)20-7-4-3-5-8-20)17-57-63(54,55)60-62(52,53)56-15-21-26(59-61(49,50)51)25(45)32(58-21)42-19-41-24-28(34)39-18-40-29(24)42/h3-5,7-8,18-19,21,25-27,32,45-46H,6,9-17H2,1-2H3,(H,35,44)(H,36,43)(H,37,47)(H,38,48)(H,52,53)(H,54,55)(H2,34,39,40)(H2,49,50,51)/t21-,25-,26-,27+,32-/m1/s1. The van der Waals surface area contributed by atoms with Gasteiger partial charge in [-0.3, -0.25) is 37.3 Å². The van der Waals surface area contributed by atoms with E-state index in [0.29, 0.717) is 30.8 Å². The molecule has 7 atom stereocenters. The number of rotatable bonds is 26. The summed E-state index contributed by atoms with van der Waals surface area (Å²) in [7, 11) is -16.4. The summed E-state index contributed by atoms with van der Waals surface area (Å²) in [5, 5.41) is 32.0. The van der Waals surface area contributed by atoms with Gasteiger partial charge < -0.3 is 61.5 Å². The molecule has 1 aromatic carbocycles. The van der Waals surface area contributed by atoms with Crippen LogP contribution < -0.4 is 27.0 Å². The van der Waals surface area contributed by atoms with E-state index >= 15 is 0 Å². The first-order chi connectivity index (χ1) is 30.0. The number of carbonyl (C=O) groups is 4. The average Bonchev–Trinajstić information content (AvgIpc) is 3.78. The number of aliphatic hydroxyl groups excluding tert-OH is 2. The van der Waals surface area contributed by atoms with E-state index in [1.165, 1.54) is 25.6 Å². The molecule has 0 aliphatic carbocycles. The highest BCUT2D eigenvalue weighted by Crippen LogP contribution is 2.61. The van der Waals surface area contributed by atoms with E-state index in [0.717, 1.165) is 17.2 Å². The molecule has 31 heteroatoms. The summed E-state index contributed by atoms with van der Waals surface area (Å²) < 4.78 is 62.3. The molecule has 3 heterocycles. The maximum Gasteiger partial charge on any atom is 0.481 e. The van der Waals surface area contributed by atoms with Gasteiger partial charge in [0.1, 0.15) is 36.3 Å². The van der Waals surface area contributed by atoms with E-state index < -0.39 is 84.6 Å². The minimum atomic E-state index is -5.59. The van der Waals surface area contributed by atoms with Gasteiger partial charge in [-0.1, -0.05) is 32.0 Å². The molecule has 0 bridgehead atoms. The number of phosphoric ester groups is 3. The molecule has 0 radical (unpaired) electrons. The normalized spacial score (nSPS) is 20.2. The molecule has 1 saturated heterocycles. The second-order valence-electron chi connectivity index (χ2n) is 14.4. The Bertz CT molecular complexity index is 2220. The number of aliphatic hydroxyl groups is 2. The first kappa shape index (κ1) is 52.7. The van der Waals surface area contributed by atoms with Crippen LogP contribution in [0.15, 0.2) is 43.0 Å². The van der Waals surface area contributed by atoms with Crippen molar-refractivity contribution in [1.29, 1.82) is 0 Å². The molecule has 1 aliphatic rings. The largest absolute Gasteiger partial charge is 0.481 e. The van der Waals surface area contributed by atoms with Gasteiger partial charge >= 0.3 is 23.5 Å². The van der Waals surface area contributed by atoms with Crippen molar-refractivity contribution >= 4 is 75.8 Å². The Hall–Kier alpha value is -3.95. The van der Waals surface area contributed by atoms with E-state index in [4.69, 9.17) is 19.5 Å². The highest BCUT2D eigenvalue weighted by atomic mass is 32.2. The number of imidazole rings is 1. The first-order valence-corrected chi connectivity index (χ1v) is 24.7. The fourth-order valence-corrected chi connectivity index (χ4v) is 9.14. The molecule has 0 spiro atoms. The second-order valence-corrected chi connectivity index (χ2v) is 19.8. The van der Waals surface area contributed by atoms with Crippen molar-refractivity contribution in [2.45, 2.75) is 57.3 Å². The van der Waals surface area contributed by atoms with Crippen molar-refractivity contribution in [3.8, 4) is 0 Å². The Balaban J connectivity index is 1.12. The van der Waals surface area contributed by atoms with E-state index in [1.54, 1.807) is 24.3 Å². The number of phosphoric acid groups is 3. The molecular formula is C33H50N9O18P3S. The van der Waals surface area contributed by atoms with Crippen LogP contribution in [-0.2, 0) is 50.7 Å². The van der Waals surface area contributed by atoms with Crippen molar-refractivity contribution in [2.24, 2.45) is 5.41 Å². The van der Waals surface area contributed by atoms with Gasteiger partial charge in [0.2, 0.25) is 17.7 Å². The summed E-state index contributed by atoms with van der Waals surface area (Å²) in [6.45, 7) is 1.21. The number of anilines is 1. The number of nitrogens with zero attached hydrogens (tertiary/aromatic N) is 4. The van der Waals surface area contributed by atoms with Crippen LogP contribution in [0.3, 0.4) is 0 Å². The molecule has 0 saturated carbocycles. The van der Waals surface area contributed by atoms with Gasteiger partial charge in [0, 0.05) is 49.3 Å². The zero-order valence-electron chi connectivity index (χ0n) is 34.2. The van der Waals surface area contributed by atoms with E-state index in [9.17, 15) is 62.7 Å². The van der Waals surface area contributed by atoms with E-state index in [1.807, 2.05) is 6.07 Å². The summed E-state index contributed by atoms with van der Waals surface area (Å²) in [5.74, 6) is -1.34. The first-order valence-electron chi connectivity index (χ1n) is 19.1. The summed E-state index contributed by atoms with van der Waals surface area (Å²) in [4.78, 5) is 100.0. The number of aromatic nitrogens is 4. The quantitative estimate of drug-likeness (QED) is 0.0342. The molecule has 2 unspecified atom stereocenters. The molecule has 4 rings (SSSR count). The molecule has 12 N–H and O–H groups in total. The van der Waals surface area contributed by atoms with Crippen LogP contribution in [0.4, 0.5) is 5.82 Å². The number of fused-ring (bicyclic) bond motifs is 1. The number of ether oxygens (including phenoxy) is 1. The van der Waals surface area contributed by atoms with Crippen molar-refractivity contribution in [3.05, 3.63) is 48.5 Å². The van der Waals surface area contributed by atoms with Crippen LogP contribution >= 0.6 is 35.2 Å². The molecule has 1 aliphatic heterocycles. The van der Waals surface area contributed by atoms with Gasteiger partial charge in [0.15, 0.2) is 17.7 Å². The zero-order valence-corrected chi connectivity index (χ0v) is 37.7. The second kappa shape index (κ2) is 23.5. The number of carbonyl (C=O) groups excluding carboxylic acids is 4. The number of hydrogen-bond donors (Lipinski definition) is 11. The number of hydrogen-bond acceptors (Lipinski definition) is 19. The minimum absolute atomic E-state index is 0.0243. The SMILES string of the molecule is CC(C)(COP(=O)(O)OP(=O)(O)OC[C@H]1O[C@@H](n2cnc3c(N)ncnc32)[C@H](O)[C@@H]1OP(=O)(O)O)[C@@H](O)C(=O)NCCC(=O)NCCSCC(=O)NCCCNC(=O)c1ccccc1. The lowest BCUT2D eigenvalue weighted by Gasteiger charge is -2.30. The number of benzene rings is 1. The topological polar surface area (TPSA) is 405 Å². The molecule has 1 fully saturated rings. The molecule has 2 aromatic heterocycles. The Kier molecular flexibility index (Phi) is 19.3. The van der Waals surface area contributed by atoms with Gasteiger partial charge in [-0.05, 0) is 18.6 Å². The lowest BCUT2D eigenvalue weighted by Crippen LogP contribution is -2.46. The van der Waals surface area contributed by atoms with Gasteiger partial charge in [-0.2, -0.15) is 16.1 Å². The third kappa shape index (κ3) is 16.5. The van der Waals surface area contributed by atoms with Crippen molar-refractivity contribution in [1.82, 2.24) is 40.8 Å². The fourth-order valence-electron chi connectivity index (χ4n) is 5.63. The van der Waals surface area contributed by atoms with Crippen molar-refractivity contribution in [2.75, 3.05) is 56.6 Å². The maximum absolute atomic E-state index is 12.7. The maximum atomic E-state index is 12.7. The Morgan fingerprint density at radius 3 is 2.30 bits per heavy atom. The van der Waals surface area contributed by atoms with Crippen molar-refractivity contribution < 1.29 is 85.3 Å². The van der Waals surface area contributed by atoms with Gasteiger partial charge in [-0.15, -0.1) is 0 Å². The number of nitrogens with two attached hydrogens (primary N) is 1.